The van der Waals surface area contributed by atoms with Crippen LogP contribution in [0.5, 0.6) is 5.75 Å². The lowest BCUT2D eigenvalue weighted by atomic mass is 9.90. The predicted molar refractivity (Wildman–Crippen MR) is 463 cm³/mol. The van der Waals surface area contributed by atoms with Crippen LogP contribution in [0.1, 0.15) is 161 Å². The molecule has 0 bridgehead atoms. The van der Waals surface area contributed by atoms with Crippen molar-refractivity contribution in [3.05, 3.63) is 102 Å². The van der Waals surface area contributed by atoms with Gasteiger partial charge in [-0.25, -0.2) is 0 Å². The fourth-order valence-electron chi connectivity index (χ4n) is 16.1. The van der Waals surface area contributed by atoms with Crippen molar-refractivity contribution in [1.82, 2.24) is 87.6 Å². The molecule has 0 spiro atoms. The van der Waals surface area contributed by atoms with Crippen LogP contribution in [0, 0.1) is 11.8 Å². The molecule has 15 atom stereocenters. The molecule has 16 amide bonds. The number of likely N-dealkylation sites (N-methyl/N-ethyl adjacent to an activating group) is 3. The van der Waals surface area contributed by atoms with E-state index in [2.05, 4.69) is 63.1 Å². The number of nitrogens with two attached hydrogens (primary N) is 3. The molecular formula is C87H126N20O18. The number of hydrogen-bond donors (Lipinski definition) is 17. The Morgan fingerprint density at radius 1 is 0.504 bits per heavy atom. The number of para-hydroxylation sites is 2. The number of carbonyl (C=O) groups excluding carboxylic acids is 16. The van der Waals surface area contributed by atoms with Crippen LogP contribution in [0.2, 0.25) is 0 Å². The molecule has 3 aliphatic heterocycles. The monoisotopic (exact) mass is 1740 g/mol. The number of aliphatic hydroxyl groups excluding tert-OH is 1. The highest BCUT2D eigenvalue weighted by Gasteiger charge is 2.47. The van der Waals surface area contributed by atoms with Crippen molar-refractivity contribution in [2.45, 2.75) is 242 Å². The number of aromatic hydroxyl groups is 1. The minimum atomic E-state index is -1.74. The van der Waals surface area contributed by atoms with Crippen LogP contribution in [0.25, 0.3) is 21.8 Å². The number of nitrogens with zero attached hydrogens (tertiary/aromatic N) is 5. The van der Waals surface area contributed by atoms with E-state index in [9.17, 15) is 58.2 Å². The molecule has 0 saturated carbocycles. The van der Waals surface area contributed by atoms with Crippen LogP contribution in [0.15, 0.2) is 85.2 Å². The van der Waals surface area contributed by atoms with Crippen molar-refractivity contribution < 1.29 is 86.9 Å². The zero-order valence-electron chi connectivity index (χ0n) is 73.1. The number of nitrogens with one attached hydrogen (secondary N) is 12. The van der Waals surface area contributed by atoms with E-state index < -0.39 is 218 Å². The van der Waals surface area contributed by atoms with Crippen LogP contribution < -0.4 is 70.4 Å². The van der Waals surface area contributed by atoms with Gasteiger partial charge in [0.05, 0.1) is 25.6 Å². The number of primary amides is 1. The van der Waals surface area contributed by atoms with Gasteiger partial charge >= 0.3 is 0 Å². The topological polar surface area (TPSA) is 560 Å². The number of aromatic amines is 2. The average molecular weight is 1740 g/mol. The van der Waals surface area contributed by atoms with Crippen LogP contribution in [0.3, 0.4) is 0 Å². The highest BCUT2D eigenvalue weighted by molar-refractivity contribution is 6.02. The second kappa shape index (κ2) is 46.1. The molecule has 1 unspecified atom stereocenters. The molecule has 3 saturated heterocycles. The van der Waals surface area contributed by atoms with Crippen molar-refractivity contribution in [1.29, 1.82) is 0 Å². The first-order chi connectivity index (χ1) is 59.4. The molecule has 0 aliphatic carbocycles. The molecule has 5 heterocycles. The van der Waals surface area contributed by atoms with Gasteiger partial charge in [-0.1, -0.05) is 123 Å². The average Bonchev–Trinajstić information content (AvgIpc) is 1.64. The van der Waals surface area contributed by atoms with Gasteiger partial charge in [0.15, 0.2) is 0 Å². The Kier molecular flexibility index (Phi) is 36.3. The van der Waals surface area contributed by atoms with Gasteiger partial charge in [0.25, 0.3) is 0 Å². The van der Waals surface area contributed by atoms with Gasteiger partial charge in [-0.15, -0.1) is 0 Å². The Bertz CT molecular complexity index is 4670. The first kappa shape index (κ1) is 98.4. The third kappa shape index (κ3) is 26.3. The Labute approximate surface area is 727 Å². The summed E-state index contributed by atoms with van der Waals surface area (Å²) in [5.74, 6) is -15.6. The maximum absolute atomic E-state index is 15.9. The predicted octanol–water partition coefficient (Wildman–Crippen LogP) is -0.823. The molecule has 5 aromatic rings. The standard InChI is InChI=1S/C87H126N20O18/c1-12-14-25-67-80(118)97-61(35-47(3)4)76(114)94-44-72(111)93-45-73(112)95-64(37-51-28-30-53(108)31-29-51)83(121)103(9)50(8)75(113)99-65(40-71(90)110)84(122)106-34-20-27-68(106)81(119)101-66(41-89)79(117)100-63(36-48(5)6)85(123)107-46-54(109)39-70(107)82(120)98-62(38-52-42-91-58-23-18-16-21-55(52)58)78(116)96-60(32-33-88)77(115)102-74(49(7)57-43-92-59-24-19-17-22-56(57)59)87(125)105(11)69(26-15-13-2)86(124)104(67)10/h16-19,21-24,28-31,42-43,47-50,54,60-70,74,91-92,108-109H,12-15,20,25-27,32-41,44-46,88-89H2,1-11H3,(H2,90,110)(H,93,111)(H,94,114)(H,95,112)(H,96,116)(H,97,118)(H,98,120)(H,99,113)(H,100,117)(H,101,119)(H,102,115)/t49?,50-,54+,60-,61-,62-,63-,64-,65-,66-,67-,68-,69-,70-,74-/m0/s1. The first-order valence-electron chi connectivity index (χ1n) is 43.0. The molecule has 3 fully saturated rings. The number of amides is 16. The summed E-state index contributed by atoms with van der Waals surface area (Å²) in [5, 5.41) is 49.5. The van der Waals surface area contributed by atoms with Crippen molar-refractivity contribution in [3.8, 4) is 5.75 Å². The summed E-state index contributed by atoms with van der Waals surface area (Å²) in [6.45, 7) is 11.1. The molecule has 682 valence electrons. The van der Waals surface area contributed by atoms with Gasteiger partial charge < -0.3 is 115 Å². The van der Waals surface area contributed by atoms with Gasteiger partial charge in [0, 0.05) is 100 Å². The SMILES string of the molecule is CCCC[C@H]1C(=O)N(C)[C@@H](CCCC)C(=O)N[C@@H](CC(C)C)C(=O)NCC(=O)NCC(=O)N[C@@H](Cc2ccc(O)cc2)C(=O)N(C)[C@@H](C)C(=O)N[C@@H](CC(N)=O)C(=O)N2CCC[C@H]2C(=O)N[C@@H](CN)C(=O)N[C@@H](CC(C)C)C(=O)N2C[C@H](O)C[C@H]2C(=O)N[C@@H](Cc2c[nH]c3ccccc23)C(=O)N[C@@H](CCN)C(=O)N[C@@H](C(C)c2c[nH]c3ccccc23)C(=O)N1C. The fourth-order valence-corrected chi connectivity index (χ4v) is 16.1. The molecule has 3 aromatic carbocycles. The van der Waals surface area contributed by atoms with Crippen LogP contribution in [-0.2, 0) is 89.6 Å². The summed E-state index contributed by atoms with van der Waals surface area (Å²) >= 11 is 0. The number of phenolic OH excluding ortho intramolecular Hbond substituents is 1. The number of H-pyrrole nitrogens is 2. The molecular weight excluding hydrogens is 1610 g/mol. The minimum Gasteiger partial charge on any atom is -0.508 e. The highest BCUT2D eigenvalue weighted by atomic mass is 16.3. The van der Waals surface area contributed by atoms with Crippen molar-refractivity contribution >= 4 is 116 Å². The Balaban J connectivity index is 1.16. The van der Waals surface area contributed by atoms with E-state index >= 15 is 28.8 Å². The number of unbranched alkanes of at least 4 members (excludes halogenated alkanes) is 2. The minimum absolute atomic E-state index is 0.00799. The van der Waals surface area contributed by atoms with Gasteiger partial charge in [0.2, 0.25) is 94.5 Å². The van der Waals surface area contributed by atoms with Gasteiger partial charge in [0.1, 0.15) is 84.3 Å². The van der Waals surface area contributed by atoms with Crippen LogP contribution >= 0.6 is 0 Å². The third-order valence-electron chi connectivity index (χ3n) is 23.3. The number of benzene rings is 3. The van der Waals surface area contributed by atoms with E-state index in [0.29, 0.717) is 64.2 Å². The summed E-state index contributed by atoms with van der Waals surface area (Å²) in [7, 11) is 4.06. The third-order valence-corrected chi connectivity index (χ3v) is 23.3. The Morgan fingerprint density at radius 2 is 1.05 bits per heavy atom. The second-order valence-corrected chi connectivity index (χ2v) is 33.6. The summed E-state index contributed by atoms with van der Waals surface area (Å²) in [6.07, 6.45) is 2.46. The van der Waals surface area contributed by atoms with E-state index in [0.717, 1.165) is 14.7 Å². The Hall–Kier alpha value is -12.1. The molecule has 38 heteroatoms. The first-order valence-corrected chi connectivity index (χ1v) is 43.0. The Morgan fingerprint density at radius 3 is 1.69 bits per heavy atom. The smallest absolute Gasteiger partial charge is 0.246 e. The molecule has 8 rings (SSSR count). The lowest BCUT2D eigenvalue weighted by Crippen LogP contribution is -2.62. The normalized spacial score (nSPS) is 25.6. The summed E-state index contributed by atoms with van der Waals surface area (Å²) in [6, 6.07) is 1.04. The van der Waals surface area contributed by atoms with Crippen molar-refractivity contribution in [2.75, 3.05) is 60.4 Å². The van der Waals surface area contributed by atoms with E-state index in [1.807, 2.05) is 32.0 Å². The van der Waals surface area contributed by atoms with Crippen molar-refractivity contribution in [2.24, 2.45) is 29.0 Å². The number of aromatic nitrogens is 2. The fraction of sp³-hybridized carbons (Fsp3) is 0.563. The molecule has 125 heavy (non-hydrogen) atoms. The van der Waals surface area contributed by atoms with Crippen LogP contribution in [0.4, 0.5) is 0 Å². The van der Waals surface area contributed by atoms with Gasteiger partial charge in [-0.2, -0.15) is 0 Å². The molecule has 3 aliphatic rings. The second-order valence-electron chi connectivity index (χ2n) is 33.6. The number of hydrogen-bond acceptors (Lipinski definition) is 20. The van der Waals surface area contributed by atoms with Gasteiger partial charge in [-0.3, -0.25) is 76.7 Å². The van der Waals surface area contributed by atoms with E-state index in [4.69, 9.17) is 17.2 Å². The van der Waals surface area contributed by atoms with E-state index in [1.165, 1.54) is 62.1 Å². The number of phenols is 1. The zero-order chi connectivity index (χ0) is 91.8. The number of fused-ring (bicyclic) bond motifs is 4. The molecule has 20 N–H and O–H groups in total. The quantitative estimate of drug-likeness (QED) is 0.0427. The van der Waals surface area contributed by atoms with Crippen molar-refractivity contribution in [3.63, 3.8) is 0 Å². The van der Waals surface area contributed by atoms with E-state index in [1.54, 1.807) is 77.3 Å². The summed E-state index contributed by atoms with van der Waals surface area (Å²) < 4.78 is 0. The largest absolute Gasteiger partial charge is 0.508 e. The maximum atomic E-state index is 15.9. The van der Waals surface area contributed by atoms with Gasteiger partial charge in [-0.05, 0) is 111 Å². The summed E-state index contributed by atoms with van der Waals surface area (Å²) in [4.78, 5) is 247. The van der Waals surface area contributed by atoms with E-state index in [-0.39, 0.29) is 94.9 Å². The number of rotatable bonds is 21. The molecule has 38 nitrogen and oxygen atoms in total. The lowest BCUT2D eigenvalue weighted by molar-refractivity contribution is -0.149. The lowest BCUT2D eigenvalue weighted by Gasteiger charge is -2.37. The number of carbonyl (C=O) groups is 16. The summed E-state index contributed by atoms with van der Waals surface area (Å²) in [5.41, 5.74) is 21.0. The highest BCUT2D eigenvalue weighted by Crippen LogP contribution is 2.31. The zero-order valence-corrected chi connectivity index (χ0v) is 73.1. The molecule has 0 radical (unpaired) electrons. The number of aliphatic hydroxyl groups is 1. The van der Waals surface area contributed by atoms with Crippen LogP contribution in [-0.4, -0.2) is 284 Å². The molecule has 2 aromatic heterocycles. The maximum Gasteiger partial charge on any atom is 0.246 e.